The molecule has 0 aliphatic heterocycles. The number of rotatable bonds is 8. The van der Waals surface area contributed by atoms with Crippen molar-refractivity contribution < 1.29 is 18.8 Å². The second-order valence-electron chi connectivity index (χ2n) is 8.84. The van der Waals surface area contributed by atoms with Crippen molar-refractivity contribution in [1.82, 2.24) is 4.98 Å². The molecule has 8 heteroatoms. The fraction of sp³-hybridized carbons (Fsp3) is 0.500. The van der Waals surface area contributed by atoms with Crippen molar-refractivity contribution in [3.05, 3.63) is 51.2 Å². The van der Waals surface area contributed by atoms with Crippen LogP contribution in [-0.2, 0) is 12.8 Å². The van der Waals surface area contributed by atoms with Gasteiger partial charge >= 0.3 is 0 Å². The summed E-state index contributed by atoms with van der Waals surface area (Å²) < 4.78 is 17.7. The first kappa shape index (κ1) is 23.7. The molecule has 0 unspecified atom stereocenters. The van der Waals surface area contributed by atoms with E-state index in [1.807, 2.05) is 6.92 Å². The summed E-state index contributed by atoms with van der Waals surface area (Å²) in [6, 6.07) is 6.61. The van der Waals surface area contributed by atoms with Crippen molar-refractivity contribution >= 4 is 14.0 Å². The summed E-state index contributed by atoms with van der Waals surface area (Å²) in [5, 5.41) is 10.9. The average Bonchev–Trinajstić information content (AvgIpc) is 2.67. The normalized spacial score (nSPS) is 11.9. The number of methoxy groups -OCH3 is 2. The molecule has 0 radical (unpaired) electrons. The minimum absolute atomic E-state index is 0.0277. The van der Waals surface area contributed by atoms with Gasteiger partial charge in [0.1, 0.15) is 0 Å². The van der Waals surface area contributed by atoms with E-state index in [1.54, 1.807) is 26.4 Å². The van der Waals surface area contributed by atoms with Gasteiger partial charge in [0, 0.05) is 17.7 Å². The minimum Gasteiger partial charge on any atom is -0.541 e. The van der Waals surface area contributed by atoms with Crippen LogP contribution in [0.2, 0.25) is 18.1 Å². The highest BCUT2D eigenvalue weighted by molar-refractivity contribution is 6.74. The maximum atomic E-state index is 10.8. The quantitative estimate of drug-likeness (QED) is 0.312. The third-order valence-electron chi connectivity index (χ3n) is 5.77. The lowest BCUT2D eigenvalue weighted by atomic mass is 10.0. The Morgan fingerprint density at radius 2 is 1.63 bits per heavy atom. The Hall–Kier alpha value is -2.61. The Balaban J connectivity index is 2.39. The van der Waals surface area contributed by atoms with E-state index in [0.29, 0.717) is 30.2 Å². The molecule has 0 spiro atoms. The highest BCUT2D eigenvalue weighted by Gasteiger charge is 2.40. The van der Waals surface area contributed by atoms with E-state index in [4.69, 9.17) is 13.9 Å². The van der Waals surface area contributed by atoms with E-state index in [-0.39, 0.29) is 10.7 Å². The van der Waals surface area contributed by atoms with Crippen LogP contribution in [0.15, 0.2) is 24.3 Å². The van der Waals surface area contributed by atoms with Crippen molar-refractivity contribution in [2.75, 3.05) is 14.2 Å². The number of aryl methyl sites for hydroxylation is 2. The number of ether oxygens (including phenoxy) is 2. The largest absolute Gasteiger partial charge is 0.541 e. The number of aromatic nitrogens is 1. The topological polar surface area (TPSA) is 83.7 Å². The van der Waals surface area contributed by atoms with Gasteiger partial charge in [0.05, 0.1) is 24.8 Å². The van der Waals surface area contributed by atoms with Crippen LogP contribution in [0.4, 0.5) is 5.69 Å². The molecule has 0 N–H and O–H groups in total. The zero-order valence-electron chi connectivity index (χ0n) is 19.2. The molecule has 0 fully saturated rings. The van der Waals surface area contributed by atoms with Crippen molar-refractivity contribution in [1.29, 1.82) is 0 Å². The smallest absolute Gasteiger partial charge is 0.269 e. The Bertz CT molecular complexity index is 905. The second-order valence-corrected chi connectivity index (χ2v) is 13.6. The first-order chi connectivity index (χ1) is 13.9. The molecule has 1 heterocycles. The molecule has 0 aliphatic rings. The van der Waals surface area contributed by atoms with Crippen LogP contribution < -0.4 is 13.9 Å². The van der Waals surface area contributed by atoms with E-state index >= 15 is 0 Å². The highest BCUT2D eigenvalue weighted by Crippen LogP contribution is 2.45. The molecule has 30 heavy (non-hydrogen) atoms. The maximum Gasteiger partial charge on any atom is 0.269 e. The molecule has 164 valence electrons. The lowest BCUT2D eigenvalue weighted by molar-refractivity contribution is -0.384. The van der Waals surface area contributed by atoms with E-state index in [1.165, 1.54) is 12.1 Å². The predicted octanol–water partition coefficient (Wildman–Crippen LogP) is 5.48. The number of nitro groups is 1. The maximum absolute atomic E-state index is 10.8. The Kier molecular flexibility index (Phi) is 7.13. The standard InChI is InChI=1S/C22H32N2O5Si/c1-15-18(14-11-16-9-12-17(13-10-16)24(25)26)23-21(28-6)20(27-5)19(15)29-30(7,8)22(2,3)4/h9-10,12-13H,11,14H2,1-8H3. The van der Waals surface area contributed by atoms with Gasteiger partial charge in [-0.15, -0.1) is 0 Å². The minimum atomic E-state index is -2.11. The van der Waals surface area contributed by atoms with E-state index in [9.17, 15) is 10.1 Å². The molecule has 1 aromatic carbocycles. The SMILES string of the molecule is COc1nc(CCc2ccc([N+](=O)[O-])cc2)c(C)c(O[Si](C)(C)C(C)(C)C)c1OC. The van der Waals surface area contributed by atoms with Gasteiger partial charge in [-0.05, 0) is 43.5 Å². The molecule has 1 aromatic heterocycles. The monoisotopic (exact) mass is 432 g/mol. The number of hydrogen-bond acceptors (Lipinski definition) is 6. The summed E-state index contributed by atoms with van der Waals surface area (Å²) in [4.78, 5) is 15.1. The zero-order valence-corrected chi connectivity index (χ0v) is 20.2. The number of non-ortho nitro benzene ring substituents is 1. The second kappa shape index (κ2) is 9.03. The number of pyridine rings is 1. The van der Waals surface area contributed by atoms with Crippen LogP contribution in [0, 0.1) is 17.0 Å². The van der Waals surface area contributed by atoms with Gasteiger partial charge in [0.2, 0.25) is 5.75 Å². The predicted molar refractivity (Wildman–Crippen MR) is 120 cm³/mol. The van der Waals surface area contributed by atoms with Crippen molar-refractivity contribution in [3.8, 4) is 17.4 Å². The molecule has 0 saturated heterocycles. The summed E-state index contributed by atoms with van der Waals surface area (Å²) in [6.45, 7) is 12.9. The van der Waals surface area contributed by atoms with Crippen LogP contribution in [0.5, 0.6) is 17.4 Å². The first-order valence-electron chi connectivity index (χ1n) is 9.95. The summed E-state index contributed by atoms with van der Waals surface area (Å²) in [5.41, 5.74) is 2.88. The Morgan fingerprint density at radius 1 is 1.03 bits per heavy atom. The van der Waals surface area contributed by atoms with Crippen molar-refractivity contribution in [2.24, 2.45) is 0 Å². The number of nitro benzene ring substituents is 1. The Morgan fingerprint density at radius 3 is 2.10 bits per heavy atom. The van der Waals surface area contributed by atoms with Gasteiger partial charge in [-0.25, -0.2) is 4.98 Å². The van der Waals surface area contributed by atoms with Gasteiger partial charge in [-0.2, -0.15) is 0 Å². The fourth-order valence-electron chi connectivity index (χ4n) is 2.80. The van der Waals surface area contributed by atoms with Gasteiger partial charge in [-0.1, -0.05) is 32.9 Å². The number of benzene rings is 1. The van der Waals surface area contributed by atoms with Crippen LogP contribution >= 0.6 is 0 Å². The van der Waals surface area contributed by atoms with Crippen molar-refractivity contribution in [2.45, 2.75) is 58.7 Å². The molecule has 0 saturated carbocycles. The molecule has 2 aromatic rings. The Labute approximate surface area is 179 Å². The molecule has 7 nitrogen and oxygen atoms in total. The number of nitrogens with zero attached hydrogens (tertiary/aromatic N) is 2. The zero-order chi connectivity index (χ0) is 22.7. The first-order valence-corrected chi connectivity index (χ1v) is 12.9. The van der Waals surface area contributed by atoms with Crippen LogP contribution in [0.3, 0.4) is 0 Å². The van der Waals surface area contributed by atoms with Gasteiger partial charge in [0.25, 0.3) is 19.9 Å². The van der Waals surface area contributed by atoms with Crippen LogP contribution in [-0.4, -0.2) is 32.4 Å². The van der Waals surface area contributed by atoms with E-state index in [0.717, 1.165) is 16.8 Å². The molecule has 0 aliphatic carbocycles. The highest BCUT2D eigenvalue weighted by atomic mass is 28.4. The summed E-state index contributed by atoms with van der Waals surface area (Å²) >= 11 is 0. The molecule has 2 rings (SSSR count). The fourth-order valence-corrected chi connectivity index (χ4v) is 3.86. The van der Waals surface area contributed by atoms with Gasteiger partial charge < -0.3 is 13.9 Å². The van der Waals surface area contributed by atoms with E-state index < -0.39 is 13.2 Å². The molecule has 0 bridgehead atoms. The molecular formula is C22H32N2O5Si. The number of hydrogen-bond donors (Lipinski definition) is 0. The van der Waals surface area contributed by atoms with Gasteiger partial charge in [0.15, 0.2) is 5.75 Å². The van der Waals surface area contributed by atoms with Crippen LogP contribution in [0.25, 0.3) is 0 Å². The third kappa shape index (κ3) is 5.10. The summed E-state index contributed by atoms with van der Waals surface area (Å²) in [6.07, 6.45) is 1.35. The van der Waals surface area contributed by atoms with Gasteiger partial charge in [-0.3, -0.25) is 10.1 Å². The summed E-state index contributed by atoms with van der Waals surface area (Å²) in [5.74, 6) is 1.60. The van der Waals surface area contributed by atoms with E-state index in [2.05, 4.69) is 38.8 Å². The average molecular weight is 433 g/mol. The lowest BCUT2D eigenvalue weighted by Crippen LogP contribution is -2.44. The summed E-state index contributed by atoms with van der Waals surface area (Å²) in [7, 11) is 1.04. The third-order valence-corrected chi connectivity index (χ3v) is 10.1. The molecule has 0 atom stereocenters. The van der Waals surface area contributed by atoms with Crippen molar-refractivity contribution in [3.63, 3.8) is 0 Å². The molecule has 0 amide bonds. The molecular weight excluding hydrogens is 400 g/mol. The van der Waals surface area contributed by atoms with Crippen LogP contribution in [0.1, 0.15) is 37.6 Å². The lowest BCUT2D eigenvalue weighted by Gasteiger charge is -2.37.